The van der Waals surface area contributed by atoms with Gasteiger partial charge in [0.15, 0.2) is 17.5 Å². The molecule has 0 atom stereocenters. The Balaban J connectivity index is 1.78. The minimum Gasteiger partial charge on any atom is -0.493 e. The number of rotatable bonds is 11. The quantitative estimate of drug-likeness (QED) is 0.336. The largest absolute Gasteiger partial charge is 0.493 e. The van der Waals surface area contributed by atoms with Crippen molar-refractivity contribution in [2.24, 2.45) is 4.99 Å². The van der Waals surface area contributed by atoms with Crippen LogP contribution in [0, 0.1) is 0 Å². The summed E-state index contributed by atoms with van der Waals surface area (Å²) in [5, 5.41) is 6.79. The van der Waals surface area contributed by atoms with Gasteiger partial charge in [-0.05, 0) is 62.7 Å². The maximum atomic E-state index is 5.66. The maximum Gasteiger partial charge on any atom is 0.191 e. The molecule has 0 bridgehead atoms. The summed E-state index contributed by atoms with van der Waals surface area (Å²) in [6, 6.07) is 14.8. The lowest BCUT2D eigenvalue weighted by Gasteiger charge is -2.14. The first-order valence-electron chi connectivity index (χ1n) is 10.5. The van der Waals surface area contributed by atoms with Crippen LogP contribution in [0.25, 0.3) is 0 Å². The predicted molar refractivity (Wildman–Crippen MR) is 125 cm³/mol. The zero-order valence-electron chi connectivity index (χ0n) is 19.0. The smallest absolute Gasteiger partial charge is 0.191 e. The van der Waals surface area contributed by atoms with E-state index >= 15 is 0 Å². The highest BCUT2D eigenvalue weighted by Gasteiger charge is 2.06. The number of aryl methyl sites for hydroxylation is 1. The van der Waals surface area contributed by atoms with Gasteiger partial charge in [0.05, 0.1) is 13.7 Å². The predicted octanol–water partition coefficient (Wildman–Crippen LogP) is 3.45. The zero-order chi connectivity index (χ0) is 21.8. The van der Waals surface area contributed by atoms with Crippen LogP contribution < -0.4 is 20.1 Å². The molecule has 0 aliphatic rings. The van der Waals surface area contributed by atoms with Gasteiger partial charge in [0, 0.05) is 26.7 Å². The van der Waals surface area contributed by atoms with Crippen LogP contribution in [0.1, 0.15) is 30.0 Å². The molecule has 0 saturated heterocycles. The molecule has 2 aromatic rings. The van der Waals surface area contributed by atoms with E-state index in [1.54, 1.807) is 14.2 Å². The average molecular weight is 413 g/mol. The Bertz CT molecular complexity index is 806. The summed E-state index contributed by atoms with van der Waals surface area (Å²) >= 11 is 0. The van der Waals surface area contributed by atoms with E-state index < -0.39 is 0 Å². The first kappa shape index (κ1) is 23.5. The highest BCUT2D eigenvalue weighted by atomic mass is 16.5. The van der Waals surface area contributed by atoms with E-state index in [4.69, 9.17) is 9.47 Å². The third-order valence-corrected chi connectivity index (χ3v) is 4.64. The second-order valence-electron chi connectivity index (χ2n) is 7.43. The highest BCUT2D eigenvalue weighted by Crippen LogP contribution is 2.28. The number of nitrogens with zero attached hydrogens (tertiary/aromatic N) is 2. The van der Waals surface area contributed by atoms with Crippen LogP contribution in [0.15, 0.2) is 47.5 Å². The van der Waals surface area contributed by atoms with Gasteiger partial charge in [-0.25, -0.2) is 0 Å². The Kier molecular flexibility index (Phi) is 10.0. The summed E-state index contributed by atoms with van der Waals surface area (Å²) < 4.78 is 11.0. The van der Waals surface area contributed by atoms with Crippen molar-refractivity contribution in [3.63, 3.8) is 0 Å². The number of hydrogen-bond acceptors (Lipinski definition) is 4. The lowest BCUT2D eigenvalue weighted by Crippen LogP contribution is -2.37. The van der Waals surface area contributed by atoms with E-state index in [9.17, 15) is 0 Å². The van der Waals surface area contributed by atoms with Gasteiger partial charge >= 0.3 is 0 Å². The van der Waals surface area contributed by atoms with E-state index in [-0.39, 0.29) is 0 Å². The summed E-state index contributed by atoms with van der Waals surface area (Å²) in [6.07, 6.45) is 1.96. The molecule has 0 saturated carbocycles. The third kappa shape index (κ3) is 7.95. The number of aliphatic imine (C=N–C) groups is 1. The number of guanidine groups is 1. The highest BCUT2D eigenvalue weighted by molar-refractivity contribution is 5.79. The molecule has 0 amide bonds. The average Bonchev–Trinajstić information content (AvgIpc) is 2.73. The van der Waals surface area contributed by atoms with Gasteiger partial charge in [0.2, 0.25) is 0 Å². The first-order valence-corrected chi connectivity index (χ1v) is 10.5. The molecule has 164 valence electrons. The Morgan fingerprint density at radius 3 is 2.50 bits per heavy atom. The Morgan fingerprint density at radius 2 is 1.80 bits per heavy atom. The number of nitrogens with one attached hydrogen (secondary N) is 2. The monoisotopic (exact) mass is 412 g/mol. The summed E-state index contributed by atoms with van der Waals surface area (Å²) in [4.78, 5) is 6.50. The molecular weight excluding hydrogens is 376 g/mol. The molecule has 0 aliphatic carbocycles. The van der Waals surface area contributed by atoms with Crippen LogP contribution in [-0.2, 0) is 19.5 Å². The van der Waals surface area contributed by atoms with Gasteiger partial charge < -0.3 is 25.0 Å². The molecular formula is C24H36N4O2. The number of benzene rings is 2. The van der Waals surface area contributed by atoms with Crippen LogP contribution in [0.4, 0.5) is 0 Å². The molecule has 0 fully saturated rings. The molecule has 0 spiro atoms. The fourth-order valence-corrected chi connectivity index (χ4v) is 3.25. The zero-order valence-corrected chi connectivity index (χ0v) is 19.0. The van der Waals surface area contributed by atoms with Crippen molar-refractivity contribution < 1.29 is 9.47 Å². The number of ether oxygens (including phenoxy) is 2. The van der Waals surface area contributed by atoms with Gasteiger partial charge in [0.1, 0.15) is 0 Å². The number of methoxy groups -OCH3 is 1. The van der Waals surface area contributed by atoms with E-state index in [1.807, 2.05) is 13.0 Å². The van der Waals surface area contributed by atoms with Crippen LogP contribution in [0.3, 0.4) is 0 Å². The Hall–Kier alpha value is -2.73. The van der Waals surface area contributed by atoms with Crippen molar-refractivity contribution in [3.05, 3.63) is 59.2 Å². The SMILES string of the molecule is CCOc1cc(CCCNC(=NC)NCc2cccc(CN(C)C)c2)ccc1OC. The van der Waals surface area contributed by atoms with Crippen LogP contribution in [0.5, 0.6) is 11.5 Å². The first-order chi connectivity index (χ1) is 14.5. The lowest BCUT2D eigenvalue weighted by molar-refractivity contribution is 0.310. The second-order valence-corrected chi connectivity index (χ2v) is 7.43. The van der Waals surface area contributed by atoms with Gasteiger partial charge in [-0.3, -0.25) is 4.99 Å². The van der Waals surface area contributed by atoms with Crippen molar-refractivity contribution in [1.29, 1.82) is 0 Å². The van der Waals surface area contributed by atoms with Crippen molar-refractivity contribution >= 4 is 5.96 Å². The van der Waals surface area contributed by atoms with E-state index in [2.05, 4.69) is 71.0 Å². The van der Waals surface area contributed by atoms with Crippen molar-refractivity contribution in [1.82, 2.24) is 15.5 Å². The molecule has 30 heavy (non-hydrogen) atoms. The Labute approximate surface area is 181 Å². The molecule has 0 radical (unpaired) electrons. The van der Waals surface area contributed by atoms with Crippen molar-refractivity contribution in [2.75, 3.05) is 41.4 Å². The van der Waals surface area contributed by atoms with Gasteiger partial charge in [-0.2, -0.15) is 0 Å². The molecule has 6 nitrogen and oxygen atoms in total. The van der Waals surface area contributed by atoms with Gasteiger partial charge in [-0.1, -0.05) is 30.3 Å². The molecule has 2 rings (SSSR count). The van der Waals surface area contributed by atoms with Crippen LogP contribution >= 0.6 is 0 Å². The normalized spacial score (nSPS) is 11.5. The summed E-state index contributed by atoms with van der Waals surface area (Å²) in [5.41, 5.74) is 3.80. The molecule has 0 aliphatic heterocycles. The minimum atomic E-state index is 0.626. The van der Waals surface area contributed by atoms with Crippen molar-refractivity contribution in [2.45, 2.75) is 32.9 Å². The topological polar surface area (TPSA) is 58.1 Å². The van der Waals surface area contributed by atoms with Crippen LogP contribution in [-0.4, -0.2) is 52.3 Å². The summed E-state index contributed by atoms with van der Waals surface area (Å²) in [5.74, 6) is 2.40. The van der Waals surface area contributed by atoms with Crippen LogP contribution in [0.2, 0.25) is 0 Å². The molecule has 2 aromatic carbocycles. The fourth-order valence-electron chi connectivity index (χ4n) is 3.25. The minimum absolute atomic E-state index is 0.626. The maximum absolute atomic E-state index is 5.66. The summed E-state index contributed by atoms with van der Waals surface area (Å²) in [7, 11) is 7.63. The van der Waals surface area contributed by atoms with E-state index in [0.717, 1.165) is 49.9 Å². The molecule has 0 unspecified atom stereocenters. The van der Waals surface area contributed by atoms with E-state index in [0.29, 0.717) is 6.61 Å². The molecule has 6 heteroatoms. The van der Waals surface area contributed by atoms with Crippen molar-refractivity contribution in [3.8, 4) is 11.5 Å². The van der Waals surface area contributed by atoms with Gasteiger partial charge in [0.25, 0.3) is 0 Å². The third-order valence-electron chi connectivity index (χ3n) is 4.64. The lowest BCUT2D eigenvalue weighted by atomic mass is 10.1. The summed E-state index contributed by atoms with van der Waals surface area (Å²) in [6.45, 7) is 5.14. The molecule has 0 heterocycles. The molecule has 0 aromatic heterocycles. The van der Waals surface area contributed by atoms with Gasteiger partial charge in [-0.15, -0.1) is 0 Å². The second kappa shape index (κ2) is 12.8. The standard InChI is InChI=1S/C24H36N4O2/c1-6-30-23-16-19(12-13-22(23)29-5)11-8-14-26-24(25-2)27-17-20-9-7-10-21(15-20)18-28(3)4/h7,9-10,12-13,15-16H,6,8,11,14,17-18H2,1-5H3,(H2,25,26,27). The Morgan fingerprint density at radius 1 is 1.00 bits per heavy atom. The molecule has 2 N–H and O–H groups in total. The van der Waals surface area contributed by atoms with E-state index in [1.165, 1.54) is 16.7 Å². The number of hydrogen-bond donors (Lipinski definition) is 2. The fraction of sp³-hybridized carbons (Fsp3) is 0.458.